The highest BCUT2D eigenvalue weighted by Gasteiger charge is 2.30. The maximum absolute atomic E-state index is 12.3. The lowest BCUT2D eigenvalue weighted by molar-refractivity contribution is -0.137. The van der Waals surface area contributed by atoms with Crippen LogP contribution in [0.5, 0.6) is 0 Å². The van der Waals surface area contributed by atoms with Crippen molar-refractivity contribution in [2.24, 2.45) is 0 Å². The summed E-state index contributed by atoms with van der Waals surface area (Å²) < 4.78 is 37.0. The van der Waals surface area contributed by atoms with Gasteiger partial charge in [0.1, 0.15) is 5.82 Å². The number of nitrogens with one attached hydrogen (secondary N) is 2. The van der Waals surface area contributed by atoms with Gasteiger partial charge >= 0.3 is 6.18 Å². The number of amides is 1. The Morgan fingerprint density at radius 2 is 2.12 bits per heavy atom. The molecule has 1 aromatic rings. The van der Waals surface area contributed by atoms with Gasteiger partial charge in [0.2, 0.25) is 5.91 Å². The second kappa shape index (κ2) is 5.51. The number of halogens is 3. The maximum Gasteiger partial charge on any atom is 0.416 e. The van der Waals surface area contributed by atoms with E-state index >= 15 is 0 Å². The van der Waals surface area contributed by atoms with Gasteiger partial charge in [-0.15, -0.1) is 0 Å². The van der Waals surface area contributed by atoms with Crippen LogP contribution in [0.15, 0.2) is 18.3 Å². The normalized spacial score (nSPS) is 11.1. The molecule has 1 aromatic heterocycles. The van der Waals surface area contributed by atoms with E-state index in [0.717, 1.165) is 18.3 Å². The molecule has 1 amide bonds. The van der Waals surface area contributed by atoms with Crippen LogP contribution in [-0.4, -0.2) is 24.0 Å². The minimum absolute atomic E-state index is 0.130. The van der Waals surface area contributed by atoms with E-state index in [1.165, 1.54) is 6.92 Å². The van der Waals surface area contributed by atoms with Gasteiger partial charge in [0, 0.05) is 26.2 Å². The molecule has 1 rings (SSSR count). The fourth-order valence-electron chi connectivity index (χ4n) is 1.13. The smallest absolute Gasteiger partial charge is 0.368 e. The molecule has 0 saturated carbocycles. The van der Waals surface area contributed by atoms with Crippen molar-refractivity contribution in [1.82, 2.24) is 10.3 Å². The van der Waals surface area contributed by atoms with E-state index in [9.17, 15) is 18.0 Å². The summed E-state index contributed by atoms with van der Waals surface area (Å²) >= 11 is 0. The number of carbonyl (C=O) groups is 1. The molecule has 4 nitrogen and oxygen atoms in total. The molecule has 0 saturated heterocycles. The highest BCUT2D eigenvalue weighted by molar-refractivity contribution is 5.72. The summed E-state index contributed by atoms with van der Waals surface area (Å²) in [6.45, 7) is 2.00. The number of hydrogen-bond donors (Lipinski definition) is 2. The average molecular weight is 247 g/mol. The summed E-state index contributed by atoms with van der Waals surface area (Å²) in [6.07, 6.45) is -3.29. The lowest BCUT2D eigenvalue weighted by atomic mass is 10.2. The quantitative estimate of drug-likeness (QED) is 0.795. The van der Waals surface area contributed by atoms with E-state index in [4.69, 9.17) is 0 Å². The Bertz CT molecular complexity index is 393. The second-order valence-electron chi connectivity index (χ2n) is 3.34. The molecule has 17 heavy (non-hydrogen) atoms. The SMILES string of the molecule is CC(=O)NCCNc1cc(C(F)(F)F)ccn1. The summed E-state index contributed by atoms with van der Waals surface area (Å²) in [4.78, 5) is 14.3. The van der Waals surface area contributed by atoms with Gasteiger partial charge in [-0.3, -0.25) is 4.79 Å². The molecular formula is C10H12F3N3O. The monoisotopic (exact) mass is 247 g/mol. The second-order valence-corrected chi connectivity index (χ2v) is 3.34. The summed E-state index contributed by atoms with van der Waals surface area (Å²) in [7, 11) is 0. The molecule has 0 aliphatic heterocycles. The number of carbonyl (C=O) groups excluding carboxylic acids is 1. The Morgan fingerprint density at radius 3 is 2.71 bits per heavy atom. The topological polar surface area (TPSA) is 54.0 Å². The highest BCUT2D eigenvalue weighted by atomic mass is 19.4. The summed E-state index contributed by atoms with van der Waals surface area (Å²) in [6, 6.07) is 1.83. The zero-order valence-electron chi connectivity index (χ0n) is 9.14. The van der Waals surface area contributed by atoms with E-state index < -0.39 is 11.7 Å². The summed E-state index contributed by atoms with van der Waals surface area (Å²) in [5.74, 6) is -0.0611. The molecular weight excluding hydrogens is 235 g/mol. The van der Waals surface area contributed by atoms with Crippen LogP contribution in [0.1, 0.15) is 12.5 Å². The number of hydrogen-bond acceptors (Lipinski definition) is 3. The van der Waals surface area contributed by atoms with Crippen molar-refractivity contribution in [3.8, 4) is 0 Å². The number of alkyl halides is 3. The maximum atomic E-state index is 12.3. The predicted molar refractivity (Wildman–Crippen MR) is 56.4 cm³/mol. The molecule has 0 aromatic carbocycles. The van der Waals surface area contributed by atoms with Gasteiger partial charge in [-0.2, -0.15) is 13.2 Å². The Morgan fingerprint density at radius 1 is 1.41 bits per heavy atom. The van der Waals surface area contributed by atoms with E-state index in [1.807, 2.05) is 0 Å². The zero-order valence-corrected chi connectivity index (χ0v) is 9.14. The van der Waals surface area contributed by atoms with Crippen molar-refractivity contribution in [3.05, 3.63) is 23.9 Å². The third kappa shape index (κ3) is 4.71. The molecule has 0 radical (unpaired) electrons. The molecule has 1 heterocycles. The molecule has 2 N–H and O–H groups in total. The first-order valence-electron chi connectivity index (χ1n) is 4.91. The lowest BCUT2D eigenvalue weighted by Crippen LogP contribution is -2.26. The molecule has 0 aliphatic carbocycles. The zero-order chi connectivity index (χ0) is 12.9. The highest BCUT2D eigenvalue weighted by Crippen LogP contribution is 2.29. The van der Waals surface area contributed by atoms with Gasteiger partial charge in [-0.25, -0.2) is 4.98 Å². The van der Waals surface area contributed by atoms with E-state index in [2.05, 4.69) is 15.6 Å². The Kier molecular flexibility index (Phi) is 4.30. The Labute approximate surface area is 96.2 Å². The van der Waals surface area contributed by atoms with Gasteiger partial charge < -0.3 is 10.6 Å². The van der Waals surface area contributed by atoms with Gasteiger partial charge in [-0.1, -0.05) is 0 Å². The van der Waals surface area contributed by atoms with E-state index in [1.54, 1.807) is 0 Å². The van der Waals surface area contributed by atoms with Crippen LogP contribution in [0, 0.1) is 0 Å². The summed E-state index contributed by atoms with van der Waals surface area (Å²) in [5, 5.41) is 5.20. The standard InChI is InChI=1S/C10H12F3N3O/c1-7(17)14-4-5-16-9-6-8(2-3-15-9)10(11,12)13/h2-3,6H,4-5H2,1H3,(H,14,17)(H,15,16). The summed E-state index contributed by atoms with van der Waals surface area (Å²) in [5.41, 5.74) is -0.755. The average Bonchev–Trinajstić information content (AvgIpc) is 2.23. The van der Waals surface area contributed by atoms with Crippen molar-refractivity contribution in [1.29, 1.82) is 0 Å². The first-order valence-corrected chi connectivity index (χ1v) is 4.91. The van der Waals surface area contributed by atoms with Gasteiger partial charge in [-0.05, 0) is 12.1 Å². The lowest BCUT2D eigenvalue weighted by Gasteiger charge is -2.09. The molecule has 0 atom stereocenters. The van der Waals surface area contributed by atoms with E-state index in [0.29, 0.717) is 13.1 Å². The molecule has 0 bridgehead atoms. The largest absolute Gasteiger partial charge is 0.416 e. The van der Waals surface area contributed by atoms with Gasteiger partial charge in [0.25, 0.3) is 0 Å². The first-order chi connectivity index (χ1) is 7.89. The van der Waals surface area contributed by atoms with Crippen LogP contribution in [0.2, 0.25) is 0 Å². The van der Waals surface area contributed by atoms with Crippen LogP contribution in [-0.2, 0) is 11.0 Å². The van der Waals surface area contributed by atoms with Crippen LogP contribution >= 0.6 is 0 Å². The van der Waals surface area contributed by atoms with Crippen LogP contribution in [0.25, 0.3) is 0 Å². The van der Waals surface area contributed by atoms with Gasteiger partial charge in [0.15, 0.2) is 0 Å². The van der Waals surface area contributed by atoms with Crippen molar-refractivity contribution < 1.29 is 18.0 Å². The molecule has 0 fully saturated rings. The van der Waals surface area contributed by atoms with Crippen LogP contribution < -0.4 is 10.6 Å². The number of aromatic nitrogens is 1. The Hall–Kier alpha value is -1.79. The molecule has 0 unspecified atom stereocenters. The van der Waals surface area contributed by atoms with Gasteiger partial charge in [0.05, 0.1) is 5.56 Å². The molecule has 0 aliphatic rings. The third-order valence-corrected chi connectivity index (χ3v) is 1.89. The van der Waals surface area contributed by atoms with E-state index in [-0.39, 0.29) is 11.7 Å². The van der Waals surface area contributed by atoms with Crippen molar-refractivity contribution >= 4 is 11.7 Å². The molecule has 0 spiro atoms. The first kappa shape index (κ1) is 13.3. The number of nitrogens with zero attached hydrogens (tertiary/aromatic N) is 1. The fraction of sp³-hybridized carbons (Fsp3) is 0.400. The van der Waals surface area contributed by atoms with Crippen molar-refractivity contribution in [2.45, 2.75) is 13.1 Å². The van der Waals surface area contributed by atoms with Crippen molar-refractivity contribution in [3.63, 3.8) is 0 Å². The fourth-order valence-corrected chi connectivity index (χ4v) is 1.13. The molecule has 94 valence electrons. The van der Waals surface area contributed by atoms with Crippen molar-refractivity contribution in [2.75, 3.05) is 18.4 Å². The number of pyridine rings is 1. The molecule has 7 heteroatoms. The Balaban J connectivity index is 2.52. The van der Waals surface area contributed by atoms with Crippen LogP contribution in [0.4, 0.5) is 19.0 Å². The third-order valence-electron chi connectivity index (χ3n) is 1.89. The minimum atomic E-state index is -4.38. The number of rotatable bonds is 4. The number of anilines is 1. The predicted octanol–water partition coefficient (Wildman–Crippen LogP) is 1.65. The van der Waals surface area contributed by atoms with Crippen LogP contribution in [0.3, 0.4) is 0 Å². The minimum Gasteiger partial charge on any atom is -0.368 e.